The monoisotopic (exact) mass is 169 g/mol. The van der Waals surface area contributed by atoms with Gasteiger partial charge in [-0.3, -0.25) is 0 Å². The average molecular weight is 169 g/mol. The van der Waals surface area contributed by atoms with Crippen LogP contribution in [0.3, 0.4) is 0 Å². The molecule has 0 bridgehead atoms. The maximum atomic E-state index is 11.6. The number of rotatable bonds is 4. The topological polar surface area (TPSA) is 46.5 Å². The Labute approximate surface area is 60.2 Å². The minimum atomic E-state index is -3.03. The maximum Gasteiger partial charge on any atom is 0.746 e. The van der Waals surface area contributed by atoms with Crippen LogP contribution >= 0.6 is 8.34 Å². The second-order valence-electron chi connectivity index (χ2n) is 2.21. The molecule has 0 aromatic rings. The summed E-state index contributed by atoms with van der Waals surface area (Å²) in [5.74, 6) is 0. The molecule has 0 amide bonds. The van der Waals surface area contributed by atoms with Gasteiger partial charge in [-0.15, -0.1) is 4.52 Å². The summed E-state index contributed by atoms with van der Waals surface area (Å²) in [6.07, 6.45) is -0.746. The van der Waals surface area contributed by atoms with E-state index < -0.39 is 20.5 Å². The highest BCUT2D eigenvalue weighted by Gasteiger charge is 2.22. The Hall–Kier alpha value is -0.0500. The molecular formula is C5H11FO3P+. The van der Waals surface area contributed by atoms with Crippen molar-refractivity contribution in [2.75, 3.05) is 0 Å². The molecule has 1 N–H and O–H groups in total. The molecule has 60 valence electrons. The lowest BCUT2D eigenvalue weighted by Gasteiger charge is -2.04. The van der Waals surface area contributed by atoms with E-state index in [0.29, 0.717) is 6.42 Å². The molecule has 0 aliphatic carbocycles. The van der Waals surface area contributed by atoms with E-state index in [2.05, 4.69) is 4.52 Å². The Balaban J connectivity index is 3.43. The fraction of sp³-hybridized carbons (Fsp3) is 1.00. The Morgan fingerprint density at radius 3 is 2.50 bits per heavy atom. The van der Waals surface area contributed by atoms with Gasteiger partial charge in [-0.05, 0) is 13.8 Å². The van der Waals surface area contributed by atoms with Crippen molar-refractivity contribution in [3.63, 3.8) is 0 Å². The molecule has 0 radical (unpaired) electrons. The summed E-state index contributed by atoms with van der Waals surface area (Å²) in [5, 5.41) is 8.74. The Morgan fingerprint density at radius 2 is 2.20 bits per heavy atom. The van der Waals surface area contributed by atoms with Crippen molar-refractivity contribution in [1.29, 1.82) is 0 Å². The lowest BCUT2D eigenvalue weighted by Crippen LogP contribution is -2.11. The molecule has 0 aromatic carbocycles. The van der Waals surface area contributed by atoms with Gasteiger partial charge in [-0.1, -0.05) is 0 Å². The van der Waals surface area contributed by atoms with Crippen LogP contribution in [0.4, 0.5) is 4.20 Å². The zero-order valence-corrected chi connectivity index (χ0v) is 6.85. The van der Waals surface area contributed by atoms with Gasteiger partial charge < -0.3 is 5.11 Å². The van der Waals surface area contributed by atoms with E-state index >= 15 is 0 Å². The van der Waals surface area contributed by atoms with Crippen LogP contribution < -0.4 is 0 Å². The van der Waals surface area contributed by atoms with Crippen molar-refractivity contribution in [1.82, 2.24) is 0 Å². The number of hydrogen-bond acceptors (Lipinski definition) is 3. The Kier molecular flexibility index (Phi) is 4.69. The van der Waals surface area contributed by atoms with E-state index in [-0.39, 0.29) is 0 Å². The third-order valence-corrected chi connectivity index (χ3v) is 1.46. The third-order valence-electron chi connectivity index (χ3n) is 0.936. The van der Waals surface area contributed by atoms with E-state index in [1.54, 1.807) is 13.8 Å². The summed E-state index contributed by atoms with van der Waals surface area (Å²) >= 11 is 0. The molecule has 0 aliphatic rings. The van der Waals surface area contributed by atoms with Crippen LogP contribution in [0.25, 0.3) is 0 Å². The van der Waals surface area contributed by atoms with Gasteiger partial charge >= 0.3 is 8.34 Å². The molecule has 10 heavy (non-hydrogen) atoms. The van der Waals surface area contributed by atoms with E-state index in [1.807, 2.05) is 0 Å². The van der Waals surface area contributed by atoms with Gasteiger partial charge in [0.2, 0.25) is 0 Å². The molecule has 0 rings (SSSR count). The molecule has 0 fully saturated rings. The molecule has 0 aromatic heterocycles. The lowest BCUT2D eigenvalue weighted by atomic mass is 10.2. The van der Waals surface area contributed by atoms with Crippen LogP contribution in [-0.4, -0.2) is 17.3 Å². The molecule has 0 aliphatic heterocycles. The highest BCUT2D eigenvalue weighted by Crippen LogP contribution is 2.26. The summed E-state index contributed by atoms with van der Waals surface area (Å²) in [6.45, 7) is 3.12. The van der Waals surface area contributed by atoms with Crippen molar-refractivity contribution in [3.05, 3.63) is 0 Å². The second-order valence-corrected chi connectivity index (χ2v) is 2.85. The van der Waals surface area contributed by atoms with E-state index in [9.17, 15) is 8.76 Å². The summed E-state index contributed by atoms with van der Waals surface area (Å²) in [5.41, 5.74) is 0. The molecule has 3 atom stereocenters. The van der Waals surface area contributed by atoms with Crippen LogP contribution in [0.5, 0.6) is 0 Å². The number of aliphatic hydroxyl groups is 1. The van der Waals surface area contributed by atoms with Gasteiger partial charge in [-0.25, -0.2) is 0 Å². The van der Waals surface area contributed by atoms with Gasteiger partial charge in [0.1, 0.15) is 6.10 Å². The fourth-order valence-electron chi connectivity index (χ4n) is 0.665. The van der Waals surface area contributed by atoms with Gasteiger partial charge in [-0.2, -0.15) is 0 Å². The zero-order chi connectivity index (χ0) is 8.15. The van der Waals surface area contributed by atoms with Gasteiger partial charge in [0.05, 0.1) is 10.3 Å². The predicted octanol–water partition coefficient (Wildman–Crippen LogP) is 1.79. The van der Waals surface area contributed by atoms with Crippen molar-refractivity contribution >= 4 is 8.34 Å². The standard InChI is InChI=1S/C5H11FO3P/c1-4(7)3-5(2)9-10(6)8/h4-5,7H,3H2,1-2H3/q+1. The quantitative estimate of drug-likeness (QED) is 0.652. The molecule has 5 heteroatoms. The van der Waals surface area contributed by atoms with Crippen molar-refractivity contribution in [3.8, 4) is 0 Å². The van der Waals surface area contributed by atoms with Gasteiger partial charge in [0, 0.05) is 11.0 Å². The highest BCUT2D eigenvalue weighted by atomic mass is 31.2. The maximum absolute atomic E-state index is 11.6. The Bertz CT molecular complexity index is 117. The minimum Gasteiger partial charge on any atom is -0.393 e. The summed E-state index contributed by atoms with van der Waals surface area (Å²) in [7, 11) is -3.03. The third kappa shape index (κ3) is 6.08. The van der Waals surface area contributed by atoms with Crippen LogP contribution in [-0.2, 0) is 9.09 Å². The molecule has 0 spiro atoms. The summed E-state index contributed by atoms with van der Waals surface area (Å²) in [6, 6.07) is 0. The number of hydrogen-bond donors (Lipinski definition) is 1. The van der Waals surface area contributed by atoms with Crippen molar-refractivity contribution in [2.24, 2.45) is 0 Å². The first kappa shape index (κ1) is 9.95. The SMILES string of the molecule is CC(O)CC(C)O[P+](=O)F. The zero-order valence-electron chi connectivity index (χ0n) is 5.95. The molecule has 0 saturated carbocycles. The molecule has 0 heterocycles. The Morgan fingerprint density at radius 1 is 1.70 bits per heavy atom. The van der Waals surface area contributed by atoms with Crippen LogP contribution in [0.15, 0.2) is 0 Å². The molecule has 0 saturated heterocycles. The number of halogens is 1. The normalized spacial score (nSPS) is 18.2. The lowest BCUT2D eigenvalue weighted by molar-refractivity contribution is 0.116. The van der Waals surface area contributed by atoms with Crippen molar-refractivity contribution in [2.45, 2.75) is 32.5 Å². The second kappa shape index (κ2) is 4.72. The fourth-order valence-corrected chi connectivity index (χ4v) is 1.03. The van der Waals surface area contributed by atoms with E-state index in [4.69, 9.17) is 5.11 Å². The number of aliphatic hydroxyl groups excluding tert-OH is 1. The van der Waals surface area contributed by atoms with Gasteiger partial charge in [0.15, 0.2) is 0 Å². The first-order chi connectivity index (χ1) is 4.52. The first-order valence-corrected chi connectivity index (χ1v) is 4.07. The van der Waals surface area contributed by atoms with Crippen LogP contribution in [0.2, 0.25) is 0 Å². The average Bonchev–Trinajstić information content (AvgIpc) is 1.58. The highest BCUT2D eigenvalue weighted by molar-refractivity contribution is 7.32. The largest absolute Gasteiger partial charge is 0.746 e. The molecular weight excluding hydrogens is 158 g/mol. The molecule has 3 nitrogen and oxygen atoms in total. The van der Waals surface area contributed by atoms with Crippen molar-refractivity contribution < 1.29 is 18.4 Å². The summed E-state index contributed by atoms with van der Waals surface area (Å²) in [4.78, 5) is 0. The van der Waals surface area contributed by atoms with E-state index in [0.717, 1.165) is 0 Å². The smallest absolute Gasteiger partial charge is 0.393 e. The first-order valence-electron chi connectivity index (χ1n) is 3.00. The van der Waals surface area contributed by atoms with Gasteiger partial charge in [0.25, 0.3) is 0 Å². The van der Waals surface area contributed by atoms with E-state index in [1.165, 1.54) is 0 Å². The summed E-state index contributed by atoms with van der Waals surface area (Å²) < 4.78 is 25.7. The minimum absolute atomic E-state index is 0.297. The molecule has 3 unspecified atom stereocenters. The van der Waals surface area contributed by atoms with Crippen LogP contribution in [0, 0.1) is 0 Å². The predicted molar refractivity (Wildman–Crippen MR) is 35.6 cm³/mol. The van der Waals surface area contributed by atoms with Crippen LogP contribution in [0.1, 0.15) is 20.3 Å².